The molecule has 3 rings (SSSR count). The zero-order valence-corrected chi connectivity index (χ0v) is 13.5. The number of benzene rings is 2. The molecule has 22 heavy (non-hydrogen) atoms. The van der Waals surface area contributed by atoms with E-state index in [0.717, 1.165) is 49.2 Å². The molecule has 1 aliphatic heterocycles. The normalized spacial score (nSPS) is 14.5. The van der Waals surface area contributed by atoms with Crippen LogP contribution in [0.15, 0.2) is 30.3 Å². The number of anilines is 1. The van der Waals surface area contributed by atoms with Crippen molar-refractivity contribution in [1.82, 2.24) is 5.32 Å². The summed E-state index contributed by atoms with van der Waals surface area (Å²) in [5, 5.41) is 5.71. The molecule has 118 valence electrons. The van der Waals surface area contributed by atoms with Crippen molar-refractivity contribution in [2.45, 2.75) is 6.42 Å². The quantitative estimate of drug-likeness (QED) is 0.879. The second-order valence-corrected chi connectivity index (χ2v) is 5.31. The summed E-state index contributed by atoms with van der Waals surface area (Å²) in [5.74, 6) is 0.863. The summed E-state index contributed by atoms with van der Waals surface area (Å²) < 4.78 is 5.36. The van der Waals surface area contributed by atoms with Crippen LogP contribution in [0.3, 0.4) is 0 Å². The standard InChI is InChI=1S/C17H20N2O2.ClH/c1-21-15-3-2-14-10-13(4-9-20)11-17(16(14)12-15)19-7-5-18-6-8-19;/h2-3,9-12,18H,4-8H2,1H3;1H. The second-order valence-electron chi connectivity index (χ2n) is 5.31. The van der Waals surface area contributed by atoms with Gasteiger partial charge in [0, 0.05) is 43.7 Å². The van der Waals surface area contributed by atoms with Crippen LogP contribution in [-0.4, -0.2) is 39.6 Å². The van der Waals surface area contributed by atoms with Crippen LogP contribution in [0.25, 0.3) is 10.8 Å². The fourth-order valence-corrected chi connectivity index (χ4v) is 2.89. The lowest BCUT2D eigenvalue weighted by Gasteiger charge is -2.31. The Balaban J connectivity index is 0.00000176. The number of halogens is 1. The van der Waals surface area contributed by atoms with Gasteiger partial charge in [-0.05, 0) is 29.1 Å². The van der Waals surface area contributed by atoms with Gasteiger partial charge >= 0.3 is 0 Å². The van der Waals surface area contributed by atoms with Gasteiger partial charge in [-0.3, -0.25) is 0 Å². The molecular weight excluding hydrogens is 300 g/mol. The van der Waals surface area contributed by atoms with Gasteiger partial charge < -0.3 is 19.7 Å². The summed E-state index contributed by atoms with van der Waals surface area (Å²) in [5.41, 5.74) is 2.26. The van der Waals surface area contributed by atoms with Gasteiger partial charge in [-0.2, -0.15) is 0 Å². The van der Waals surface area contributed by atoms with Crippen molar-refractivity contribution >= 4 is 35.2 Å². The summed E-state index contributed by atoms with van der Waals surface area (Å²) in [6, 6.07) is 10.3. The molecule has 0 spiro atoms. The Morgan fingerprint density at radius 3 is 2.68 bits per heavy atom. The Labute approximate surface area is 136 Å². The molecule has 5 heteroatoms. The van der Waals surface area contributed by atoms with E-state index in [4.69, 9.17) is 4.74 Å². The number of nitrogens with zero attached hydrogens (tertiary/aromatic N) is 1. The van der Waals surface area contributed by atoms with Crippen LogP contribution in [0, 0.1) is 0 Å². The van der Waals surface area contributed by atoms with Gasteiger partial charge in [0.25, 0.3) is 0 Å². The molecule has 4 nitrogen and oxygen atoms in total. The predicted octanol–water partition coefficient (Wildman–Crippen LogP) is 2.42. The van der Waals surface area contributed by atoms with Crippen molar-refractivity contribution in [3.8, 4) is 5.75 Å². The summed E-state index contributed by atoms with van der Waals surface area (Å²) in [4.78, 5) is 13.2. The lowest BCUT2D eigenvalue weighted by molar-refractivity contribution is -0.107. The maximum absolute atomic E-state index is 10.9. The van der Waals surface area contributed by atoms with E-state index in [9.17, 15) is 4.79 Å². The number of fused-ring (bicyclic) bond motifs is 1. The Hall–Kier alpha value is -1.78. The Morgan fingerprint density at radius 1 is 1.23 bits per heavy atom. The molecule has 0 saturated carbocycles. The Kier molecular flexibility index (Phi) is 5.63. The first-order chi connectivity index (χ1) is 10.3. The number of piperazine rings is 1. The van der Waals surface area contributed by atoms with Crippen molar-refractivity contribution in [1.29, 1.82) is 0 Å². The first-order valence-corrected chi connectivity index (χ1v) is 7.32. The SMILES string of the molecule is COc1ccc2cc(CC=O)cc(N3CCNCC3)c2c1.Cl. The molecule has 0 bridgehead atoms. The summed E-state index contributed by atoms with van der Waals surface area (Å²) >= 11 is 0. The first-order valence-electron chi connectivity index (χ1n) is 7.32. The van der Waals surface area contributed by atoms with Gasteiger partial charge in [-0.1, -0.05) is 12.1 Å². The Bertz CT molecular complexity index is 654. The second kappa shape index (κ2) is 7.47. The maximum atomic E-state index is 10.9. The van der Waals surface area contributed by atoms with Gasteiger partial charge in [-0.25, -0.2) is 0 Å². The highest BCUT2D eigenvalue weighted by Gasteiger charge is 2.15. The monoisotopic (exact) mass is 320 g/mol. The van der Waals surface area contributed by atoms with Gasteiger partial charge in [0.2, 0.25) is 0 Å². The average Bonchev–Trinajstić information content (AvgIpc) is 2.55. The third-order valence-electron chi connectivity index (χ3n) is 3.98. The average molecular weight is 321 g/mol. The molecular formula is C17H21ClN2O2. The van der Waals surface area contributed by atoms with Crippen LogP contribution in [0.4, 0.5) is 5.69 Å². The van der Waals surface area contributed by atoms with E-state index in [1.54, 1.807) is 7.11 Å². The molecule has 0 aromatic heterocycles. The summed E-state index contributed by atoms with van der Waals surface area (Å²) in [6.45, 7) is 3.94. The zero-order valence-electron chi connectivity index (χ0n) is 12.7. The zero-order chi connectivity index (χ0) is 14.7. The Morgan fingerprint density at radius 2 is 2.00 bits per heavy atom. The molecule has 0 unspecified atom stereocenters. The molecule has 2 aromatic carbocycles. The summed E-state index contributed by atoms with van der Waals surface area (Å²) in [7, 11) is 1.69. The molecule has 1 aliphatic rings. The molecule has 0 radical (unpaired) electrons. The number of ether oxygens (including phenoxy) is 1. The summed E-state index contributed by atoms with van der Waals surface area (Å²) in [6.07, 6.45) is 1.42. The number of carbonyl (C=O) groups is 1. The van der Waals surface area contributed by atoms with Crippen LogP contribution >= 0.6 is 12.4 Å². The van der Waals surface area contributed by atoms with E-state index in [1.807, 2.05) is 6.07 Å². The molecule has 1 fully saturated rings. The van der Waals surface area contributed by atoms with E-state index < -0.39 is 0 Å². The van der Waals surface area contributed by atoms with Crippen molar-refractivity contribution in [2.24, 2.45) is 0 Å². The predicted molar refractivity (Wildman–Crippen MR) is 92.6 cm³/mol. The molecule has 0 amide bonds. The van der Waals surface area contributed by atoms with Crippen molar-refractivity contribution in [3.05, 3.63) is 35.9 Å². The number of rotatable bonds is 4. The number of carbonyl (C=O) groups excluding carboxylic acids is 1. The van der Waals surface area contributed by atoms with E-state index in [0.29, 0.717) is 6.42 Å². The number of aldehydes is 1. The van der Waals surface area contributed by atoms with Crippen LogP contribution in [0.2, 0.25) is 0 Å². The maximum Gasteiger partial charge on any atom is 0.124 e. The molecule has 0 aliphatic carbocycles. The smallest absolute Gasteiger partial charge is 0.124 e. The van der Waals surface area contributed by atoms with E-state index in [2.05, 4.69) is 34.5 Å². The van der Waals surface area contributed by atoms with Crippen molar-refractivity contribution < 1.29 is 9.53 Å². The van der Waals surface area contributed by atoms with E-state index in [-0.39, 0.29) is 12.4 Å². The minimum absolute atomic E-state index is 0. The molecule has 0 atom stereocenters. The number of nitrogens with one attached hydrogen (secondary N) is 1. The lowest BCUT2D eigenvalue weighted by atomic mass is 10.0. The third kappa shape index (κ3) is 3.34. The highest BCUT2D eigenvalue weighted by Crippen LogP contribution is 2.32. The van der Waals surface area contributed by atoms with Crippen LogP contribution < -0.4 is 15.0 Å². The number of methoxy groups -OCH3 is 1. The first kappa shape index (κ1) is 16.6. The largest absolute Gasteiger partial charge is 0.497 e. The van der Waals surface area contributed by atoms with E-state index in [1.165, 1.54) is 11.1 Å². The fraction of sp³-hybridized carbons (Fsp3) is 0.353. The number of hydrogen-bond acceptors (Lipinski definition) is 4. The highest BCUT2D eigenvalue weighted by atomic mass is 35.5. The third-order valence-corrected chi connectivity index (χ3v) is 3.98. The van der Waals surface area contributed by atoms with Crippen molar-refractivity contribution in [2.75, 3.05) is 38.2 Å². The fourth-order valence-electron chi connectivity index (χ4n) is 2.89. The van der Waals surface area contributed by atoms with E-state index >= 15 is 0 Å². The van der Waals surface area contributed by atoms with Gasteiger partial charge in [0.05, 0.1) is 7.11 Å². The molecule has 1 heterocycles. The van der Waals surface area contributed by atoms with Gasteiger partial charge in [0.1, 0.15) is 12.0 Å². The van der Waals surface area contributed by atoms with Crippen LogP contribution in [0.1, 0.15) is 5.56 Å². The van der Waals surface area contributed by atoms with Crippen LogP contribution in [-0.2, 0) is 11.2 Å². The number of hydrogen-bond donors (Lipinski definition) is 1. The van der Waals surface area contributed by atoms with Gasteiger partial charge in [0.15, 0.2) is 0 Å². The molecule has 2 aromatic rings. The topological polar surface area (TPSA) is 41.6 Å². The minimum atomic E-state index is 0. The van der Waals surface area contributed by atoms with Crippen LogP contribution in [0.5, 0.6) is 5.75 Å². The lowest BCUT2D eigenvalue weighted by Crippen LogP contribution is -2.43. The van der Waals surface area contributed by atoms with Gasteiger partial charge in [-0.15, -0.1) is 12.4 Å². The minimum Gasteiger partial charge on any atom is -0.497 e. The van der Waals surface area contributed by atoms with Crippen molar-refractivity contribution in [3.63, 3.8) is 0 Å². The highest BCUT2D eigenvalue weighted by molar-refractivity contribution is 5.96. The molecule has 1 saturated heterocycles. The molecule has 1 N–H and O–H groups in total.